The first kappa shape index (κ1) is 12.5. The van der Waals surface area contributed by atoms with Gasteiger partial charge in [-0.15, -0.1) is 0 Å². The SMILES string of the molecule is Cc1cc(CCN2CCN(C)CC2)ccc1F. The van der Waals surface area contributed by atoms with Gasteiger partial charge in [-0.1, -0.05) is 12.1 Å². The zero-order valence-corrected chi connectivity index (χ0v) is 10.7. The zero-order chi connectivity index (χ0) is 12.3. The summed E-state index contributed by atoms with van der Waals surface area (Å²) in [6.45, 7) is 7.52. The maximum atomic E-state index is 13.1. The quantitative estimate of drug-likeness (QED) is 0.791. The van der Waals surface area contributed by atoms with E-state index in [2.05, 4.69) is 16.8 Å². The summed E-state index contributed by atoms with van der Waals surface area (Å²) in [6.07, 6.45) is 1.02. The average molecular weight is 236 g/mol. The van der Waals surface area contributed by atoms with Crippen LogP contribution in [0.2, 0.25) is 0 Å². The Bertz CT molecular complexity index is 370. The lowest BCUT2D eigenvalue weighted by Gasteiger charge is -2.32. The van der Waals surface area contributed by atoms with E-state index in [1.165, 1.54) is 5.56 Å². The average Bonchev–Trinajstić information content (AvgIpc) is 2.33. The fraction of sp³-hybridized carbons (Fsp3) is 0.571. The highest BCUT2D eigenvalue weighted by Crippen LogP contribution is 2.10. The second-order valence-corrected chi connectivity index (χ2v) is 4.98. The van der Waals surface area contributed by atoms with Crippen molar-refractivity contribution in [1.82, 2.24) is 9.80 Å². The van der Waals surface area contributed by atoms with Gasteiger partial charge in [0.25, 0.3) is 0 Å². The van der Waals surface area contributed by atoms with E-state index in [9.17, 15) is 4.39 Å². The predicted molar refractivity (Wildman–Crippen MR) is 68.8 cm³/mol. The Morgan fingerprint density at radius 1 is 1.18 bits per heavy atom. The van der Waals surface area contributed by atoms with Gasteiger partial charge in [-0.25, -0.2) is 4.39 Å². The fourth-order valence-corrected chi connectivity index (χ4v) is 2.22. The van der Waals surface area contributed by atoms with E-state index in [4.69, 9.17) is 0 Å². The summed E-state index contributed by atoms with van der Waals surface area (Å²) in [5.41, 5.74) is 1.99. The Morgan fingerprint density at radius 3 is 2.53 bits per heavy atom. The first-order valence-electron chi connectivity index (χ1n) is 6.31. The zero-order valence-electron chi connectivity index (χ0n) is 10.7. The molecule has 0 N–H and O–H groups in total. The third-order valence-electron chi connectivity index (χ3n) is 3.53. The van der Waals surface area contributed by atoms with E-state index in [1.807, 2.05) is 19.1 Å². The van der Waals surface area contributed by atoms with Crippen LogP contribution in [0, 0.1) is 12.7 Å². The topological polar surface area (TPSA) is 6.48 Å². The Balaban J connectivity index is 1.83. The van der Waals surface area contributed by atoms with Crippen LogP contribution in [-0.2, 0) is 6.42 Å². The highest BCUT2D eigenvalue weighted by atomic mass is 19.1. The molecular formula is C14H21FN2. The van der Waals surface area contributed by atoms with Gasteiger partial charge in [-0.05, 0) is 37.6 Å². The summed E-state index contributed by atoms with van der Waals surface area (Å²) in [6, 6.07) is 5.44. The van der Waals surface area contributed by atoms with Crippen LogP contribution in [0.15, 0.2) is 18.2 Å². The summed E-state index contributed by atoms with van der Waals surface area (Å²) in [5.74, 6) is -0.103. The minimum atomic E-state index is -0.103. The van der Waals surface area contributed by atoms with Gasteiger partial charge < -0.3 is 9.80 Å². The lowest BCUT2D eigenvalue weighted by Crippen LogP contribution is -2.45. The van der Waals surface area contributed by atoms with Crippen LogP contribution in [0.1, 0.15) is 11.1 Å². The van der Waals surface area contributed by atoms with Crippen molar-refractivity contribution in [3.63, 3.8) is 0 Å². The van der Waals surface area contributed by atoms with Gasteiger partial charge in [-0.3, -0.25) is 0 Å². The molecule has 17 heavy (non-hydrogen) atoms. The van der Waals surface area contributed by atoms with E-state index in [0.29, 0.717) is 0 Å². The lowest BCUT2D eigenvalue weighted by atomic mass is 10.1. The van der Waals surface area contributed by atoms with E-state index >= 15 is 0 Å². The van der Waals surface area contributed by atoms with Gasteiger partial charge >= 0.3 is 0 Å². The molecule has 2 rings (SSSR count). The first-order valence-corrected chi connectivity index (χ1v) is 6.31. The van der Waals surface area contributed by atoms with Crippen LogP contribution >= 0.6 is 0 Å². The highest BCUT2D eigenvalue weighted by Gasteiger charge is 2.13. The molecule has 0 saturated carbocycles. The van der Waals surface area contributed by atoms with Gasteiger partial charge in [0.15, 0.2) is 0 Å². The molecule has 94 valence electrons. The van der Waals surface area contributed by atoms with Crippen LogP contribution in [-0.4, -0.2) is 49.6 Å². The van der Waals surface area contributed by atoms with Gasteiger partial charge in [-0.2, -0.15) is 0 Å². The van der Waals surface area contributed by atoms with Crippen molar-refractivity contribution in [3.05, 3.63) is 35.1 Å². The first-order chi connectivity index (χ1) is 8.15. The van der Waals surface area contributed by atoms with E-state index in [1.54, 1.807) is 6.07 Å². The molecule has 1 heterocycles. The molecule has 1 aromatic carbocycles. The summed E-state index contributed by atoms with van der Waals surface area (Å²) < 4.78 is 13.1. The molecule has 0 amide bonds. The molecule has 0 aromatic heterocycles. The standard InChI is InChI=1S/C14H21FN2/c1-12-11-13(3-4-14(12)15)5-6-17-9-7-16(2)8-10-17/h3-4,11H,5-10H2,1-2H3. The number of hydrogen-bond acceptors (Lipinski definition) is 2. The normalized spacial score (nSPS) is 18.5. The summed E-state index contributed by atoms with van der Waals surface area (Å²) in [4.78, 5) is 4.84. The predicted octanol–water partition coefficient (Wildman–Crippen LogP) is 1.92. The number of hydrogen-bond donors (Lipinski definition) is 0. The van der Waals surface area contributed by atoms with Crippen LogP contribution < -0.4 is 0 Å². The largest absolute Gasteiger partial charge is 0.304 e. The fourth-order valence-electron chi connectivity index (χ4n) is 2.22. The minimum absolute atomic E-state index is 0.103. The molecule has 0 bridgehead atoms. The Kier molecular flexibility index (Phi) is 4.13. The van der Waals surface area contributed by atoms with Crippen LogP contribution in [0.5, 0.6) is 0 Å². The third kappa shape index (κ3) is 3.51. The van der Waals surface area contributed by atoms with E-state index in [-0.39, 0.29) is 5.82 Å². The van der Waals surface area contributed by atoms with Gasteiger partial charge in [0.2, 0.25) is 0 Å². The molecule has 1 fully saturated rings. The molecule has 1 saturated heterocycles. The van der Waals surface area contributed by atoms with Crippen molar-refractivity contribution in [2.45, 2.75) is 13.3 Å². The van der Waals surface area contributed by atoms with Crippen molar-refractivity contribution in [2.24, 2.45) is 0 Å². The number of nitrogens with zero attached hydrogens (tertiary/aromatic N) is 2. The van der Waals surface area contributed by atoms with Crippen LogP contribution in [0.4, 0.5) is 4.39 Å². The monoisotopic (exact) mass is 236 g/mol. The molecule has 0 unspecified atom stereocenters. The Morgan fingerprint density at radius 2 is 1.88 bits per heavy atom. The molecule has 0 radical (unpaired) electrons. The smallest absolute Gasteiger partial charge is 0.126 e. The molecule has 3 heteroatoms. The Labute approximate surface area is 103 Å². The molecular weight excluding hydrogens is 215 g/mol. The number of likely N-dealkylation sites (N-methyl/N-ethyl adjacent to an activating group) is 1. The van der Waals surface area contributed by atoms with E-state index < -0.39 is 0 Å². The molecule has 2 nitrogen and oxygen atoms in total. The van der Waals surface area contributed by atoms with Gasteiger partial charge in [0.05, 0.1) is 0 Å². The summed E-state index contributed by atoms with van der Waals surface area (Å²) in [7, 11) is 2.17. The third-order valence-corrected chi connectivity index (χ3v) is 3.53. The van der Waals surface area contributed by atoms with Crippen molar-refractivity contribution in [3.8, 4) is 0 Å². The number of piperazine rings is 1. The minimum Gasteiger partial charge on any atom is -0.304 e. The molecule has 0 atom stereocenters. The van der Waals surface area contributed by atoms with Crippen molar-refractivity contribution in [1.29, 1.82) is 0 Å². The summed E-state index contributed by atoms with van der Waals surface area (Å²) in [5, 5.41) is 0. The molecule has 0 aliphatic carbocycles. The summed E-state index contributed by atoms with van der Waals surface area (Å²) >= 11 is 0. The number of benzene rings is 1. The number of aryl methyl sites for hydroxylation is 1. The lowest BCUT2D eigenvalue weighted by molar-refractivity contribution is 0.155. The van der Waals surface area contributed by atoms with Crippen molar-refractivity contribution < 1.29 is 4.39 Å². The second-order valence-electron chi connectivity index (χ2n) is 4.98. The second kappa shape index (κ2) is 5.61. The van der Waals surface area contributed by atoms with Gasteiger partial charge in [0.1, 0.15) is 5.82 Å². The maximum Gasteiger partial charge on any atom is 0.126 e. The number of halogens is 1. The molecule has 1 aliphatic rings. The highest BCUT2D eigenvalue weighted by molar-refractivity contribution is 5.24. The van der Waals surface area contributed by atoms with Crippen molar-refractivity contribution >= 4 is 0 Å². The van der Waals surface area contributed by atoms with E-state index in [0.717, 1.165) is 44.7 Å². The Hall–Kier alpha value is -0.930. The maximum absolute atomic E-state index is 13.1. The van der Waals surface area contributed by atoms with Gasteiger partial charge in [0, 0.05) is 32.7 Å². The molecule has 0 spiro atoms. The van der Waals surface area contributed by atoms with Crippen LogP contribution in [0.3, 0.4) is 0 Å². The van der Waals surface area contributed by atoms with Crippen LogP contribution in [0.25, 0.3) is 0 Å². The van der Waals surface area contributed by atoms with Crippen molar-refractivity contribution in [2.75, 3.05) is 39.8 Å². The molecule has 1 aliphatic heterocycles. The number of rotatable bonds is 3. The molecule has 1 aromatic rings.